The quantitative estimate of drug-likeness (QED) is 0.593. The molecule has 6 nitrogen and oxygen atoms in total. The number of aromatic nitrogens is 2. The molecule has 90 valence electrons. The second-order valence-corrected chi connectivity index (χ2v) is 4.90. The molecule has 0 unspecified atom stereocenters. The molecule has 0 fully saturated rings. The van der Waals surface area contributed by atoms with Crippen LogP contribution in [0.2, 0.25) is 0 Å². The molecule has 0 saturated heterocycles. The van der Waals surface area contributed by atoms with Crippen LogP contribution in [0.5, 0.6) is 0 Å². The third-order valence-electron chi connectivity index (χ3n) is 2.42. The van der Waals surface area contributed by atoms with Crippen LogP contribution in [0.4, 0.5) is 0 Å². The molecule has 0 spiro atoms. The molecule has 0 saturated carbocycles. The Morgan fingerprint density at radius 3 is 2.76 bits per heavy atom. The Morgan fingerprint density at radius 1 is 1.59 bits per heavy atom. The summed E-state index contributed by atoms with van der Waals surface area (Å²) in [6.45, 7) is 1.79. The van der Waals surface area contributed by atoms with Crippen molar-refractivity contribution in [3.8, 4) is 0 Å². The molecule has 0 aromatic carbocycles. The summed E-state index contributed by atoms with van der Waals surface area (Å²) >= 11 is 0.374. The van der Waals surface area contributed by atoms with Gasteiger partial charge in [-0.05, 0) is 0 Å². The molecule has 1 rings (SSSR count). The third-order valence-corrected chi connectivity index (χ3v) is 3.07. The van der Waals surface area contributed by atoms with Crippen LogP contribution < -0.4 is 11.2 Å². The summed E-state index contributed by atoms with van der Waals surface area (Å²) in [6.07, 6.45) is 1.62. The van der Waals surface area contributed by atoms with Crippen molar-refractivity contribution in [3.63, 3.8) is 0 Å². The van der Waals surface area contributed by atoms with Crippen molar-refractivity contribution in [3.05, 3.63) is 37.7 Å². The number of hydrogen-bond donors (Lipinski definition) is 2. The van der Waals surface area contributed by atoms with Gasteiger partial charge in [-0.25, -0.2) is 0 Å². The van der Waals surface area contributed by atoms with Gasteiger partial charge < -0.3 is 0 Å². The summed E-state index contributed by atoms with van der Waals surface area (Å²) in [6, 6.07) is 0. The van der Waals surface area contributed by atoms with Crippen molar-refractivity contribution >= 4 is 32.3 Å². The Labute approximate surface area is 114 Å². The normalized spacial score (nSPS) is 11.8. The van der Waals surface area contributed by atoms with Gasteiger partial charge in [-0.15, -0.1) is 0 Å². The zero-order valence-electron chi connectivity index (χ0n) is 9.69. The number of H-pyrrole nitrogens is 1. The van der Waals surface area contributed by atoms with E-state index in [0.717, 1.165) is 0 Å². The first-order valence-electron chi connectivity index (χ1n) is 4.93. The average Bonchev–Trinajstić information content (AvgIpc) is 2.30. The SMILES string of the molecule is Cc1c(/C=C(\CO)C[O][Tl])n(C)c(=O)[nH]c1=O. The minimum absolute atomic E-state index is 0.160. The molecule has 0 radical (unpaired) electrons. The van der Waals surface area contributed by atoms with Crippen LogP contribution in [0.25, 0.3) is 6.08 Å². The summed E-state index contributed by atoms with van der Waals surface area (Å²) in [5.74, 6) is 0. The summed E-state index contributed by atoms with van der Waals surface area (Å²) in [4.78, 5) is 25.1. The van der Waals surface area contributed by atoms with E-state index in [1.165, 1.54) is 4.57 Å². The predicted molar refractivity (Wildman–Crippen MR) is 63.8 cm³/mol. The van der Waals surface area contributed by atoms with Crippen LogP contribution in [-0.4, -0.2) is 54.1 Å². The minimum atomic E-state index is -0.474. The van der Waals surface area contributed by atoms with E-state index in [0.29, 0.717) is 49.7 Å². The molecule has 17 heavy (non-hydrogen) atoms. The Morgan fingerprint density at radius 2 is 2.24 bits per heavy atom. The number of nitrogens with one attached hydrogen (secondary N) is 1. The van der Waals surface area contributed by atoms with E-state index in [2.05, 4.69) is 4.98 Å². The molecule has 0 aliphatic carbocycles. The molecule has 7 heteroatoms. The molecule has 2 N–H and O–H groups in total. The van der Waals surface area contributed by atoms with Crippen LogP contribution in [-0.2, 0) is 9.73 Å². The van der Waals surface area contributed by atoms with E-state index in [-0.39, 0.29) is 6.61 Å². The van der Waals surface area contributed by atoms with Gasteiger partial charge in [-0.1, -0.05) is 0 Å². The Hall–Kier alpha value is -0.738. The molecule has 0 aliphatic rings. The fourth-order valence-electron chi connectivity index (χ4n) is 1.39. The van der Waals surface area contributed by atoms with Crippen LogP contribution in [0.3, 0.4) is 0 Å². The zero-order valence-corrected chi connectivity index (χ0v) is 14.2. The molecular weight excluding hydrogens is 417 g/mol. The number of nitrogens with zero attached hydrogens (tertiary/aromatic N) is 1. The summed E-state index contributed by atoms with van der Waals surface area (Å²) < 4.78 is 6.41. The molecule has 0 bridgehead atoms. The van der Waals surface area contributed by atoms with E-state index in [4.69, 9.17) is 7.79 Å². The van der Waals surface area contributed by atoms with Crippen LogP contribution in [0, 0.1) is 6.92 Å². The van der Waals surface area contributed by atoms with E-state index >= 15 is 0 Å². The number of rotatable bonds is 4. The van der Waals surface area contributed by atoms with E-state index in [9.17, 15) is 9.59 Å². The van der Waals surface area contributed by atoms with Crippen LogP contribution in [0.1, 0.15) is 11.3 Å². The molecule has 1 aromatic rings. The Kier molecular flexibility index (Phi) is 5.28. The topological polar surface area (TPSA) is 84.3 Å². The zero-order chi connectivity index (χ0) is 13.0. The average molecular weight is 430 g/mol. The van der Waals surface area contributed by atoms with E-state index < -0.39 is 11.2 Å². The maximum atomic E-state index is 11.5. The third kappa shape index (κ3) is 3.36. The fourth-order valence-corrected chi connectivity index (χ4v) is 2.22. The molecule has 0 aliphatic heterocycles. The molecule has 0 amide bonds. The van der Waals surface area contributed by atoms with Gasteiger partial charge in [-0.2, -0.15) is 0 Å². The molecule has 0 atom stereocenters. The van der Waals surface area contributed by atoms with Gasteiger partial charge >= 0.3 is 114 Å². The van der Waals surface area contributed by atoms with Crippen LogP contribution >= 0.6 is 0 Å². The standard InChI is InChI=1S/C10H13N2O4.Tl/c1-6-8(3-7(4-13)5-14)12(2)10(16)11-9(6)15;/h3,13H,4-5H2,1-2H3,(H,11,15,16);/q-1;+1/b7-3+;. The first kappa shape index (κ1) is 14.3. The Balaban J connectivity index is 3.40. The predicted octanol–water partition coefficient (Wildman–Crippen LogP) is -1.14. The van der Waals surface area contributed by atoms with Crippen LogP contribution in [0.15, 0.2) is 15.2 Å². The van der Waals surface area contributed by atoms with Gasteiger partial charge in [0.1, 0.15) is 0 Å². The van der Waals surface area contributed by atoms with Gasteiger partial charge in [0.2, 0.25) is 0 Å². The van der Waals surface area contributed by atoms with E-state index in [1.54, 1.807) is 20.0 Å². The molecule has 1 aromatic heterocycles. The summed E-state index contributed by atoms with van der Waals surface area (Å²) in [5.41, 5.74) is 0.679. The van der Waals surface area contributed by atoms with Crippen molar-refractivity contribution in [2.75, 3.05) is 13.2 Å². The second kappa shape index (κ2) is 6.26. The monoisotopic (exact) mass is 430 g/mol. The van der Waals surface area contributed by atoms with Crippen molar-refractivity contribution in [1.82, 2.24) is 9.55 Å². The van der Waals surface area contributed by atoms with Gasteiger partial charge in [0.05, 0.1) is 0 Å². The van der Waals surface area contributed by atoms with Crippen molar-refractivity contribution in [2.24, 2.45) is 7.05 Å². The summed E-state index contributed by atoms with van der Waals surface area (Å²) in [7, 11) is 1.56. The maximum absolute atomic E-state index is 11.5. The van der Waals surface area contributed by atoms with Crippen molar-refractivity contribution in [1.29, 1.82) is 0 Å². The van der Waals surface area contributed by atoms with E-state index in [1.807, 2.05) is 0 Å². The Bertz CT molecular complexity index is 510. The van der Waals surface area contributed by atoms with Crippen molar-refractivity contribution < 1.29 is 7.79 Å². The first-order valence-corrected chi connectivity index (χ1v) is 6.76. The fraction of sp³-hybridized carbons (Fsp3) is 0.400. The number of aliphatic hydroxyl groups is 1. The molecule has 1 heterocycles. The molecular formula is C10H13N2O4Tl. The van der Waals surface area contributed by atoms with Gasteiger partial charge in [-0.3, -0.25) is 0 Å². The number of aromatic amines is 1. The second-order valence-electron chi connectivity index (χ2n) is 3.60. The summed E-state index contributed by atoms with van der Waals surface area (Å²) in [5, 5.41) is 9.14. The first-order chi connectivity index (χ1) is 8.01. The van der Waals surface area contributed by atoms with Crippen molar-refractivity contribution in [2.45, 2.75) is 6.92 Å². The van der Waals surface area contributed by atoms with Gasteiger partial charge in [0.25, 0.3) is 0 Å². The van der Waals surface area contributed by atoms with Gasteiger partial charge in [0.15, 0.2) is 0 Å². The number of aliphatic hydroxyl groups excluding tert-OH is 1. The van der Waals surface area contributed by atoms with Gasteiger partial charge in [0, 0.05) is 0 Å². The number of hydrogen-bond acceptors (Lipinski definition) is 4.